The Morgan fingerprint density at radius 3 is 1.86 bits per heavy atom. The van der Waals surface area contributed by atoms with Crippen molar-refractivity contribution < 1.29 is 13.9 Å². The first-order chi connectivity index (χ1) is 10.7. The van der Waals surface area contributed by atoms with Crippen LogP contribution in [0.1, 0.15) is 5.56 Å². The van der Waals surface area contributed by atoms with Crippen molar-refractivity contribution in [3.05, 3.63) is 83.9 Å². The molecule has 0 saturated heterocycles. The summed E-state index contributed by atoms with van der Waals surface area (Å²) in [6.07, 6.45) is 0. The number of aliphatic hydroxyl groups is 1. The zero-order valence-corrected chi connectivity index (χ0v) is 11.8. The van der Waals surface area contributed by atoms with E-state index in [-0.39, 0.29) is 11.1 Å². The molecule has 110 valence electrons. The van der Waals surface area contributed by atoms with E-state index in [0.717, 1.165) is 11.1 Å². The summed E-state index contributed by atoms with van der Waals surface area (Å²) >= 11 is 0. The second-order valence-electron chi connectivity index (χ2n) is 5.00. The summed E-state index contributed by atoms with van der Waals surface area (Å²) in [4.78, 5) is 0. The van der Waals surface area contributed by atoms with Gasteiger partial charge in [0.1, 0.15) is 0 Å². The molecule has 0 bridgehead atoms. The van der Waals surface area contributed by atoms with Gasteiger partial charge in [0.15, 0.2) is 11.6 Å². The van der Waals surface area contributed by atoms with Gasteiger partial charge in [0, 0.05) is 11.1 Å². The molecule has 0 aliphatic heterocycles. The molecule has 0 amide bonds. The Bertz CT molecular complexity index is 781. The second kappa shape index (κ2) is 6.08. The van der Waals surface area contributed by atoms with Crippen LogP contribution in [-0.2, 0) is 6.61 Å². The Morgan fingerprint density at radius 1 is 0.636 bits per heavy atom. The van der Waals surface area contributed by atoms with Gasteiger partial charge in [-0.05, 0) is 16.7 Å². The van der Waals surface area contributed by atoms with E-state index in [1.165, 1.54) is 12.1 Å². The van der Waals surface area contributed by atoms with Gasteiger partial charge in [-0.1, -0.05) is 66.7 Å². The van der Waals surface area contributed by atoms with Crippen molar-refractivity contribution in [3.63, 3.8) is 0 Å². The molecule has 0 heterocycles. The molecule has 3 aromatic rings. The van der Waals surface area contributed by atoms with E-state index in [1.54, 1.807) is 12.1 Å². The average molecular weight is 296 g/mol. The normalized spacial score (nSPS) is 10.7. The summed E-state index contributed by atoms with van der Waals surface area (Å²) < 4.78 is 27.8. The van der Waals surface area contributed by atoms with Crippen LogP contribution in [-0.4, -0.2) is 5.11 Å². The van der Waals surface area contributed by atoms with E-state index in [1.807, 2.05) is 42.5 Å². The molecule has 0 aromatic heterocycles. The molecule has 3 heteroatoms. The Hall–Kier alpha value is -2.52. The molecule has 1 N–H and O–H groups in total. The van der Waals surface area contributed by atoms with E-state index in [4.69, 9.17) is 5.11 Å². The first-order valence-electron chi connectivity index (χ1n) is 6.94. The first-order valence-corrected chi connectivity index (χ1v) is 6.94. The van der Waals surface area contributed by atoms with Gasteiger partial charge in [-0.3, -0.25) is 0 Å². The Balaban J connectivity index is 1.99. The molecule has 0 atom stereocenters. The molecule has 3 aromatic carbocycles. The molecule has 1 nitrogen and oxygen atoms in total. The van der Waals surface area contributed by atoms with Gasteiger partial charge >= 0.3 is 0 Å². The van der Waals surface area contributed by atoms with E-state index >= 15 is 0 Å². The van der Waals surface area contributed by atoms with Crippen molar-refractivity contribution in [2.45, 2.75) is 6.61 Å². The van der Waals surface area contributed by atoms with Crippen molar-refractivity contribution in [1.29, 1.82) is 0 Å². The quantitative estimate of drug-likeness (QED) is 0.736. The van der Waals surface area contributed by atoms with Gasteiger partial charge in [0.25, 0.3) is 0 Å². The van der Waals surface area contributed by atoms with Crippen LogP contribution in [0.3, 0.4) is 0 Å². The lowest BCUT2D eigenvalue weighted by Crippen LogP contribution is -1.96. The molecule has 22 heavy (non-hydrogen) atoms. The molecule has 0 unspecified atom stereocenters. The van der Waals surface area contributed by atoms with Crippen LogP contribution in [0.15, 0.2) is 66.7 Å². The van der Waals surface area contributed by atoms with Crippen LogP contribution < -0.4 is 0 Å². The first kappa shape index (κ1) is 14.4. The van der Waals surface area contributed by atoms with E-state index in [0.29, 0.717) is 5.56 Å². The lowest BCUT2D eigenvalue weighted by Gasteiger charge is -2.08. The lowest BCUT2D eigenvalue weighted by molar-refractivity contribution is 0.273. The third kappa shape index (κ3) is 2.63. The number of aliphatic hydroxyl groups excluding tert-OH is 1. The zero-order valence-electron chi connectivity index (χ0n) is 11.8. The van der Waals surface area contributed by atoms with E-state index in [2.05, 4.69) is 0 Å². The average Bonchev–Trinajstić information content (AvgIpc) is 2.58. The Morgan fingerprint density at radius 2 is 1.23 bits per heavy atom. The lowest BCUT2D eigenvalue weighted by atomic mass is 9.99. The predicted molar refractivity (Wildman–Crippen MR) is 83.2 cm³/mol. The number of halogens is 2. The minimum absolute atomic E-state index is 0.0397. The molecule has 0 aliphatic carbocycles. The summed E-state index contributed by atoms with van der Waals surface area (Å²) in [5.74, 6) is -1.92. The second-order valence-corrected chi connectivity index (χ2v) is 5.00. The Labute approximate surface area is 127 Å². The molecule has 0 spiro atoms. The van der Waals surface area contributed by atoms with Crippen LogP contribution in [0, 0.1) is 11.6 Å². The van der Waals surface area contributed by atoms with Crippen molar-refractivity contribution in [1.82, 2.24) is 0 Å². The summed E-state index contributed by atoms with van der Waals surface area (Å²) in [6.45, 7) is -0.518. The molecular formula is C19H14F2O. The molecule has 0 fully saturated rings. The van der Waals surface area contributed by atoms with Crippen molar-refractivity contribution in [2.24, 2.45) is 0 Å². The van der Waals surface area contributed by atoms with Gasteiger partial charge < -0.3 is 5.11 Å². The third-order valence-corrected chi connectivity index (χ3v) is 3.64. The highest BCUT2D eigenvalue weighted by Gasteiger charge is 2.14. The number of hydrogen-bond acceptors (Lipinski definition) is 1. The predicted octanol–water partition coefficient (Wildman–Crippen LogP) is 4.79. The van der Waals surface area contributed by atoms with Crippen LogP contribution in [0.2, 0.25) is 0 Å². The van der Waals surface area contributed by atoms with Crippen LogP contribution in [0.25, 0.3) is 22.3 Å². The maximum atomic E-state index is 14.1. The molecule has 0 radical (unpaired) electrons. The minimum atomic E-state index is -0.993. The van der Waals surface area contributed by atoms with E-state index < -0.39 is 18.2 Å². The molecule has 3 rings (SSSR count). The minimum Gasteiger partial charge on any atom is -0.392 e. The summed E-state index contributed by atoms with van der Waals surface area (Å²) in [7, 11) is 0. The molecule has 0 saturated carbocycles. The highest BCUT2D eigenvalue weighted by atomic mass is 19.2. The number of rotatable bonds is 3. The van der Waals surface area contributed by atoms with Crippen LogP contribution in [0.5, 0.6) is 0 Å². The standard InChI is InChI=1S/C19H14F2O/c20-18-16(12-22)10-11-17(19(18)21)15-8-6-14(7-9-15)13-4-2-1-3-5-13/h1-11,22H,12H2. The van der Waals surface area contributed by atoms with Crippen molar-refractivity contribution >= 4 is 0 Å². The van der Waals surface area contributed by atoms with Gasteiger partial charge in [-0.2, -0.15) is 0 Å². The third-order valence-electron chi connectivity index (χ3n) is 3.64. The highest BCUT2D eigenvalue weighted by Crippen LogP contribution is 2.28. The maximum Gasteiger partial charge on any atom is 0.167 e. The van der Waals surface area contributed by atoms with Crippen molar-refractivity contribution in [2.75, 3.05) is 0 Å². The number of hydrogen-bond donors (Lipinski definition) is 1. The monoisotopic (exact) mass is 296 g/mol. The summed E-state index contributed by atoms with van der Waals surface area (Å²) in [5, 5.41) is 8.96. The largest absolute Gasteiger partial charge is 0.392 e. The smallest absolute Gasteiger partial charge is 0.167 e. The van der Waals surface area contributed by atoms with Gasteiger partial charge in [-0.25, -0.2) is 8.78 Å². The van der Waals surface area contributed by atoms with Crippen LogP contribution >= 0.6 is 0 Å². The Kier molecular flexibility index (Phi) is 3.98. The fraction of sp³-hybridized carbons (Fsp3) is 0.0526. The van der Waals surface area contributed by atoms with Gasteiger partial charge in [0.05, 0.1) is 6.61 Å². The maximum absolute atomic E-state index is 14.1. The zero-order chi connectivity index (χ0) is 15.5. The topological polar surface area (TPSA) is 20.2 Å². The van der Waals surface area contributed by atoms with Gasteiger partial charge in [0.2, 0.25) is 0 Å². The van der Waals surface area contributed by atoms with Crippen molar-refractivity contribution in [3.8, 4) is 22.3 Å². The highest BCUT2D eigenvalue weighted by molar-refractivity contribution is 5.70. The van der Waals surface area contributed by atoms with Gasteiger partial charge in [-0.15, -0.1) is 0 Å². The molecule has 0 aliphatic rings. The van der Waals surface area contributed by atoms with E-state index in [9.17, 15) is 8.78 Å². The fourth-order valence-corrected chi connectivity index (χ4v) is 2.41. The summed E-state index contributed by atoms with van der Waals surface area (Å²) in [6, 6.07) is 20.0. The van der Waals surface area contributed by atoms with Crippen LogP contribution in [0.4, 0.5) is 8.78 Å². The number of benzene rings is 3. The fourth-order valence-electron chi connectivity index (χ4n) is 2.41. The molecular weight excluding hydrogens is 282 g/mol. The SMILES string of the molecule is OCc1ccc(-c2ccc(-c3ccccc3)cc2)c(F)c1F. The summed E-state index contributed by atoms with van der Waals surface area (Å²) in [5.41, 5.74) is 2.82.